The van der Waals surface area contributed by atoms with E-state index >= 15 is 0 Å². The first-order chi connectivity index (χ1) is 18.5. The van der Waals surface area contributed by atoms with E-state index in [0.29, 0.717) is 33.8 Å². The van der Waals surface area contributed by atoms with Gasteiger partial charge in [0.2, 0.25) is 5.91 Å². The number of carboxylic acid groups (broad SMARTS) is 1. The number of hydrogen-bond donors (Lipinski definition) is 6. The molecular weight excluding hydrogens is 515 g/mol. The number of H-pyrrole nitrogens is 1. The van der Waals surface area contributed by atoms with Crippen molar-refractivity contribution in [2.24, 2.45) is 0 Å². The summed E-state index contributed by atoms with van der Waals surface area (Å²) in [6.07, 6.45) is -1.55. The molecule has 1 aromatic heterocycles. The fraction of sp³-hybridized carbons (Fsp3) is 0.385. The second-order valence-corrected chi connectivity index (χ2v) is 9.54. The van der Waals surface area contributed by atoms with Gasteiger partial charge in [0.1, 0.15) is 12.5 Å². The van der Waals surface area contributed by atoms with Crippen LogP contribution >= 0.6 is 0 Å². The Hall–Kier alpha value is -4.07. The van der Waals surface area contributed by atoms with E-state index < -0.39 is 54.2 Å². The Balaban J connectivity index is 1.36. The number of benzene rings is 1. The Morgan fingerprint density at radius 2 is 2.00 bits per heavy atom. The number of hydrogen-bond acceptors (Lipinski definition) is 7. The molecule has 0 spiro atoms. The first kappa shape index (κ1) is 28.0. The van der Waals surface area contributed by atoms with Crippen molar-refractivity contribution in [3.8, 4) is 0 Å². The van der Waals surface area contributed by atoms with Crippen LogP contribution in [0.3, 0.4) is 0 Å². The number of aliphatic hydroxyl groups is 2. The summed E-state index contributed by atoms with van der Waals surface area (Å²) < 4.78 is 18.8. The van der Waals surface area contributed by atoms with Gasteiger partial charge in [-0.15, -0.1) is 0 Å². The van der Waals surface area contributed by atoms with E-state index in [1.54, 1.807) is 19.9 Å². The van der Waals surface area contributed by atoms with E-state index in [0.717, 1.165) is 4.90 Å². The molecule has 6 N–H and O–H groups in total. The third-order valence-corrected chi connectivity index (χ3v) is 6.70. The number of aromatic nitrogens is 1. The van der Waals surface area contributed by atoms with E-state index in [9.17, 15) is 33.8 Å². The Morgan fingerprint density at radius 3 is 2.72 bits per heavy atom. The van der Waals surface area contributed by atoms with Crippen molar-refractivity contribution < 1.29 is 43.6 Å². The van der Waals surface area contributed by atoms with Crippen molar-refractivity contribution in [3.05, 3.63) is 52.1 Å². The summed E-state index contributed by atoms with van der Waals surface area (Å²) in [5.74, 6) is -3.22. The predicted molar refractivity (Wildman–Crippen MR) is 136 cm³/mol. The highest BCUT2D eigenvalue weighted by Gasteiger charge is 2.35. The Kier molecular flexibility index (Phi) is 8.14. The van der Waals surface area contributed by atoms with Crippen LogP contribution in [0.4, 0.5) is 10.1 Å². The molecule has 2 aromatic rings. The quantitative estimate of drug-likeness (QED) is 0.250. The molecule has 1 fully saturated rings. The first-order valence-corrected chi connectivity index (χ1v) is 12.2. The molecule has 0 saturated carbocycles. The van der Waals surface area contributed by atoms with Crippen molar-refractivity contribution in [1.29, 1.82) is 0 Å². The van der Waals surface area contributed by atoms with Crippen LogP contribution in [-0.4, -0.2) is 87.0 Å². The minimum absolute atomic E-state index is 0.137. The molecule has 0 bridgehead atoms. The van der Waals surface area contributed by atoms with Crippen molar-refractivity contribution in [1.82, 2.24) is 15.2 Å². The van der Waals surface area contributed by atoms with Gasteiger partial charge >= 0.3 is 5.97 Å². The number of aromatic amines is 1. The largest absolute Gasteiger partial charge is 0.480 e. The number of fused-ring (bicyclic) bond motifs is 1. The number of nitrogens with zero attached hydrogens (tertiary/aromatic N) is 1. The van der Waals surface area contributed by atoms with Crippen molar-refractivity contribution in [3.63, 3.8) is 0 Å². The molecule has 3 amide bonds. The van der Waals surface area contributed by atoms with Crippen molar-refractivity contribution in [2.75, 3.05) is 25.2 Å². The molecule has 1 aromatic carbocycles. The number of halogens is 1. The third-order valence-electron chi connectivity index (χ3n) is 6.70. The number of aliphatic hydroxyl groups excluding tert-OH is 2. The summed E-state index contributed by atoms with van der Waals surface area (Å²) in [5, 5.41) is 34.9. The fourth-order valence-corrected chi connectivity index (χ4v) is 4.70. The van der Waals surface area contributed by atoms with Gasteiger partial charge in [-0.1, -0.05) is 0 Å². The van der Waals surface area contributed by atoms with Gasteiger partial charge in [-0.3, -0.25) is 14.4 Å². The number of carbonyl (C=O) groups is 4. The van der Waals surface area contributed by atoms with E-state index in [1.165, 1.54) is 18.2 Å². The zero-order chi connectivity index (χ0) is 28.4. The minimum Gasteiger partial charge on any atom is -0.480 e. The lowest BCUT2D eigenvalue weighted by Crippen LogP contribution is -2.43. The second kappa shape index (κ2) is 11.4. The maximum absolute atomic E-state index is 13.8. The molecule has 208 valence electrons. The molecule has 0 aliphatic carbocycles. The molecule has 0 radical (unpaired) electrons. The number of aliphatic carboxylic acids is 1. The van der Waals surface area contributed by atoms with Crippen LogP contribution in [0.15, 0.2) is 18.2 Å². The molecule has 13 heteroatoms. The molecule has 3 atom stereocenters. The molecule has 12 nitrogen and oxygen atoms in total. The van der Waals surface area contributed by atoms with Gasteiger partial charge in [0.05, 0.1) is 36.4 Å². The number of aryl methyl sites for hydroxylation is 1. The van der Waals surface area contributed by atoms with Gasteiger partial charge in [0.15, 0.2) is 6.04 Å². The standard InChI is InChI=1S/C26H29FN4O8/c1-12-20(8-18-17-5-14(27)3-4-19(17)30-24(18)35)29-13(2)23(12)25(36)28-9-16(33)6-15(32)7-22(34)31-11-39-10-21(31)26(37)38/h3-5,8,15-16,21,29,32-33H,6-7,9-11H2,1-2H3,(H,28,36)(H,30,35)(H,37,38)/b18-8-/t15-,16+,21?/m1/s1. The highest BCUT2D eigenvalue weighted by molar-refractivity contribution is 6.34. The van der Waals surface area contributed by atoms with Gasteiger partial charge in [-0.05, 0) is 43.7 Å². The van der Waals surface area contributed by atoms with Gasteiger partial charge < -0.3 is 40.6 Å². The summed E-state index contributed by atoms with van der Waals surface area (Å²) >= 11 is 0. The normalized spacial score (nSPS) is 19.1. The molecule has 39 heavy (non-hydrogen) atoms. The molecule has 3 heterocycles. The van der Waals surface area contributed by atoms with Crippen LogP contribution in [0, 0.1) is 19.7 Å². The summed E-state index contributed by atoms with van der Waals surface area (Å²) in [6, 6.07) is 2.85. The van der Waals surface area contributed by atoms with E-state index in [4.69, 9.17) is 9.84 Å². The van der Waals surface area contributed by atoms with E-state index in [1.807, 2.05) is 0 Å². The average molecular weight is 545 g/mol. The van der Waals surface area contributed by atoms with Crippen LogP contribution in [0.25, 0.3) is 11.6 Å². The average Bonchev–Trinajstić information content (AvgIpc) is 3.54. The number of amides is 3. The topological polar surface area (TPSA) is 181 Å². The van der Waals surface area contributed by atoms with Crippen molar-refractivity contribution >= 4 is 41.0 Å². The van der Waals surface area contributed by atoms with Crippen LogP contribution in [-0.2, 0) is 19.1 Å². The first-order valence-electron chi connectivity index (χ1n) is 12.2. The Morgan fingerprint density at radius 1 is 1.26 bits per heavy atom. The maximum atomic E-state index is 13.8. The summed E-state index contributed by atoms with van der Waals surface area (Å²) in [7, 11) is 0. The number of anilines is 1. The zero-order valence-electron chi connectivity index (χ0n) is 21.3. The number of rotatable bonds is 9. The summed E-state index contributed by atoms with van der Waals surface area (Å²) in [4.78, 5) is 52.9. The highest BCUT2D eigenvalue weighted by Crippen LogP contribution is 2.34. The number of ether oxygens (including phenoxy) is 1. The van der Waals surface area contributed by atoms with Crippen LogP contribution < -0.4 is 10.6 Å². The maximum Gasteiger partial charge on any atom is 0.328 e. The van der Waals surface area contributed by atoms with Gasteiger partial charge in [0.25, 0.3) is 11.8 Å². The lowest BCUT2D eigenvalue weighted by Gasteiger charge is -2.22. The van der Waals surface area contributed by atoms with Crippen LogP contribution in [0.5, 0.6) is 0 Å². The zero-order valence-corrected chi connectivity index (χ0v) is 21.3. The molecule has 2 aliphatic rings. The van der Waals surface area contributed by atoms with Gasteiger partial charge in [-0.2, -0.15) is 0 Å². The van der Waals surface area contributed by atoms with Gasteiger partial charge in [0, 0.05) is 35.6 Å². The van der Waals surface area contributed by atoms with Crippen LogP contribution in [0.1, 0.15) is 45.7 Å². The number of nitrogens with one attached hydrogen (secondary N) is 3. The van der Waals surface area contributed by atoms with E-state index in [-0.39, 0.29) is 31.9 Å². The molecule has 1 unspecified atom stereocenters. The van der Waals surface area contributed by atoms with Crippen molar-refractivity contribution in [2.45, 2.75) is 44.9 Å². The lowest BCUT2D eigenvalue weighted by atomic mass is 10.0. The molecular formula is C26H29FN4O8. The highest BCUT2D eigenvalue weighted by atomic mass is 19.1. The Labute approximate surface area is 222 Å². The van der Waals surface area contributed by atoms with Gasteiger partial charge in [-0.25, -0.2) is 9.18 Å². The molecule has 2 aliphatic heterocycles. The lowest BCUT2D eigenvalue weighted by molar-refractivity contribution is -0.148. The van der Waals surface area contributed by atoms with Crippen LogP contribution in [0.2, 0.25) is 0 Å². The number of carboxylic acids is 1. The Bertz CT molecular complexity index is 1350. The molecule has 1 saturated heterocycles. The SMILES string of the molecule is Cc1[nH]c(/C=C2\C(=O)Nc3ccc(F)cc32)c(C)c1C(=O)NC[C@@H](O)C[C@@H](O)CC(=O)N1COCC1C(=O)O. The smallest absolute Gasteiger partial charge is 0.328 e. The summed E-state index contributed by atoms with van der Waals surface area (Å²) in [5.41, 5.74) is 2.98. The van der Waals surface area contributed by atoms with E-state index in [2.05, 4.69) is 15.6 Å². The summed E-state index contributed by atoms with van der Waals surface area (Å²) in [6.45, 7) is 2.81. The molecule has 4 rings (SSSR count). The predicted octanol–water partition coefficient (Wildman–Crippen LogP) is 0.765. The number of carbonyl (C=O) groups excluding carboxylic acids is 3. The minimum atomic E-state index is -1.27. The second-order valence-electron chi connectivity index (χ2n) is 9.54. The fourth-order valence-electron chi connectivity index (χ4n) is 4.70. The monoisotopic (exact) mass is 544 g/mol. The third kappa shape index (κ3) is 6.00.